The van der Waals surface area contributed by atoms with Crippen LogP contribution in [-0.4, -0.2) is 33.1 Å². The van der Waals surface area contributed by atoms with Crippen molar-refractivity contribution in [3.05, 3.63) is 65.7 Å². The van der Waals surface area contributed by atoms with Gasteiger partial charge in [-0.05, 0) is 36.2 Å². The lowest BCUT2D eigenvalue weighted by Crippen LogP contribution is -2.41. The Morgan fingerprint density at radius 1 is 1.23 bits per heavy atom. The third kappa shape index (κ3) is 3.97. The topological polar surface area (TPSA) is 81.1 Å². The molecule has 0 bridgehead atoms. The SMILES string of the molecule is CCCc1nnc2n1N[C@@H](c1ccc(F)cc1)[C@H](C(=O)Nc1ccccc1OC)S2. The third-order valence-corrected chi connectivity index (χ3v) is 6.04. The third-order valence-electron chi connectivity index (χ3n) is 4.83. The standard InChI is InChI=1S/C21H22FN5O2S/c1-3-6-17-24-25-21-27(17)26-18(13-9-11-14(22)12-10-13)19(30-21)20(28)23-15-7-4-5-8-16(15)29-2/h4-5,7-12,18-19,26H,3,6H2,1-2H3,(H,23,28)/t18-,19+/m0/s1. The molecule has 4 rings (SSSR count). The molecule has 30 heavy (non-hydrogen) atoms. The van der Waals surface area contributed by atoms with E-state index >= 15 is 0 Å². The minimum absolute atomic E-state index is 0.211. The Hall–Kier alpha value is -3.07. The Kier molecular flexibility index (Phi) is 5.89. The lowest BCUT2D eigenvalue weighted by Gasteiger charge is -2.33. The average Bonchev–Trinajstić information content (AvgIpc) is 3.16. The second-order valence-electron chi connectivity index (χ2n) is 6.87. The van der Waals surface area contributed by atoms with Crippen LogP contribution in [0.5, 0.6) is 5.75 Å². The minimum atomic E-state index is -0.549. The number of amides is 1. The number of hydrogen-bond acceptors (Lipinski definition) is 6. The number of hydrogen-bond donors (Lipinski definition) is 2. The molecule has 1 aliphatic rings. The van der Waals surface area contributed by atoms with Crippen molar-refractivity contribution in [1.29, 1.82) is 0 Å². The molecule has 1 aliphatic heterocycles. The summed E-state index contributed by atoms with van der Waals surface area (Å²) in [7, 11) is 1.56. The van der Waals surface area contributed by atoms with Crippen molar-refractivity contribution in [2.45, 2.75) is 36.2 Å². The van der Waals surface area contributed by atoms with E-state index in [0.717, 1.165) is 24.2 Å². The highest BCUT2D eigenvalue weighted by atomic mass is 32.2. The summed E-state index contributed by atoms with van der Waals surface area (Å²) in [5.41, 5.74) is 4.75. The van der Waals surface area contributed by atoms with Crippen molar-refractivity contribution in [2.24, 2.45) is 0 Å². The summed E-state index contributed by atoms with van der Waals surface area (Å²) in [6, 6.07) is 13.0. The van der Waals surface area contributed by atoms with Gasteiger partial charge in [-0.15, -0.1) is 10.2 Å². The van der Waals surface area contributed by atoms with Crippen LogP contribution in [-0.2, 0) is 11.2 Å². The zero-order chi connectivity index (χ0) is 21.1. The molecule has 2 atom stereocenters. The summed E-state index contributed by atoms with van der Waals surface area (Å²) in [6.45, 7) is 2.07. The smallest absolute Gasteiger partial charge is 0.240 e. The predicted octanol–water partition coefficient (Wildman–Crippen LogP) is 3.78. The van der Waals surface area contributed by atoms with E-state index in [9.17, 15) is 9.18 Å². The highest BCUT2D eigenvalue weighted by Crippen LogP contribution is 2.38. The van der Waals surface area contributed by atoms with Gasteiger partial charge in [0.05, 0.1) is 18.8 Å². The predicted molar refractivity (Wildman–Crippen MR) is 114 cm³/mol. The van der Waals surface area contributed by atoms with E-state index in [2.05, 4.69) is 27.9 Å². The quantitative estimate of drug-likeness (QED) is 0.623. The van der Waals surface area contributed by atoms with Crippen LogP contribution in [0.2, 0.25) is 0 Å². The van der Waals surface area contributed by atoms with E-state index in [0.29, 0.717) is 16.6 Å². The molecule has 9 heteroatoms. The summed E-state index contributed by atoms with van der Waals surface area (Å²) >= 11 is 1.33. The van der Waals surface area contributed by atoms with Gasteiger partial charge >= 0.3 is 0 Å². The van der Waals surface area contributed by atoms with Crippen LogP contribution in [0.25, 0.3) is 0 Å². The number of thioether (sulfide) groups is 1. The number of aromatic nitrogens is 3. The number of rotatable bonds is 6. The number of carbonyl (C=O) groups excluding carboxylic acids is 1. The molecule has 0 radical (unpaired) electrons. The molecule has 0 unspecified atom stereocenters. The van der Waals surface area contributed by atoms with Gasteiger partial charge in [-0.1, -0.05) is 43.0 Å². The molecule has 7 nitrogen and oxygen atoms in total. The van der Waals surface area contributed by atoms with E-state index < -0.39 is 11.3 Å². The summed E-state index contributed by atoms with van der Waals surface area (Å²) in [6.07, 6.45) is 1.68. The fourth-order valence-electron chi connectivity index (χ4n) is 3.36. The maximum absolute atomic E-state index is 13.5. The molecule has 3 aromatic rings. The van der Waals surface area contributed by atoms with Gasteiger partial charge in [-0.3, -0.25) is 4.79 Å². The summed E-state index contributed by atoms with van der Waals surface area (Å²) in [5, 5.41) is 11.5. The van der Waals surface area contributed by atoms with Gasteiger partial charge in [-0.25, -0.2) is 9.07 Å². The van der Waals surface area contributed by atoms with Crippen molar-refractivity contribution in [2.75, 3.05) is 17.9 Å². The first-order chi connectivity index (χ1) is 14.6. The Morgan fingerprint density at radius 2 is 2.00 bits per heavy atom. The zero-order valence-electron chi connectivity index (χ0n) is 16.6. The first-order valence-corrected chi connectivity index (χ1v) is 10.6. The highest BCUT2D eigenvalue weighted by molar-refractivity contribution is 8.00. The molecule has 0 saturated carbocycles. The molecule has 2 N–H and O–H groups in total. The molecule has 156 valence electrons. The number of methoxy groups -OCH3 is 1. The number of aryl methyl sites for hydroxylation is 1. The molecule has 0 fully saturated rings. The highest BCUT2D eigenvalue weighted by Gasteiger charge is 2.38. The molecule has 1 aromatic heterocycles. The summed E-state index contributed by atoms with van der Waals surface area (Å²) in [5.74, 6) is 0.841. The number of carbonyl (C=O) groups is 1. The summed E-state index contributed by atoms with van der Waals surface area (Å²) < 4.78 is 20.7. The van der Waals surface area contributed by atoms with Gasteiger partial charge < -0.3 is 15.5 Å². The maximum Gasteiger partial charge on any atom is 0.240 e. The Balaban J connectivity index is 1.67. The Morgan fingerprint density at radius 3 is 2.73 bits per heavy atom. The number of para-hydroxylation sites is 2. The number of nitrogens with zero attached hydrogens (tertiary/aromatic N) is 3. The number of halogens is 1. The minimum Gasteiger partial charge on any atom is -0.495 e. The number of nitrogens with one attached hydrogen (secondary N) is 2. The first kappa shape index (κ1) is 20.2. The van der Waals surface area contributed by atoms with Crippen LogP contribution < -0.4 is 15.5 Å². The van der Waals surface area contributed by atoms with E-state index in [1.54, 1.807) is 31.4 Å². The fraction of sp³-hybridized carbons (Fsp3) is 0.286. The first-order valence-electron chi connectivity index (χ1n) is 9.67. The maximum atomic E-state index is 13.5. The van der Waals surface area contributed by atoms with Crippen LogP contribution in [0.3, 0.4) is 0 Å². The van der Waals surface area contributed by atoms with Gasteiger partial charge in [0.1, 0.15) is 16.8 Å². The van der Waals surface area contributed by atoms with Crippen LogP contribution in [0.4, 0.5) is 10.1 Å². The number of fused-ring (bicyclic) bond motifs is 1. The largest absolute Gasteiger partial charge is 0.495 e. The lowest BCUT2D eigenvalue weighted by molar-refractivity contribution is -0.116. The van der Waals surface area contributed by atoms with Crippen LogP contribution in [0.1, 0.15) is 30.8 Å². The van der Waals surface area contributed by atoms with E-state index in [1.807, 2.05) is 16.8 Å². The molecule has 1 amide bonds. The van der Waals surface area contributed by atoms with Crippen molar-refractivity contribution in [3.63, 3.8) is 0 Å². The molecule has 0 spiro atoms. The molecule has 0 saturated heterocycles. The normalized spacial score (nSPS) is 17.7. The molecule has 0 aliphatic carbocycles. The monoisotopic (exact) mass is 427 g/mol. The molecular weight excluding hydrogens is 405 g/mol. The molecule has 2 aromatic carbocycles. The average molecular weight is 428 g/mol. The van der Waals surface area contributed by atoms with Crippen molar-refractivity contribution in [3.8, 4) is 5.75 Å². The summed E-state index contributed by atoms with van der Waals surface area (Å²) in [4.78, 5) is 13.3. The van der Waals surface area contributed by atoms with Crippen molar-refractivity contribution >= 4 is 23.4 Å². The van der Waals surface area contributed by atoms with Crippen LogP contribution in [0, 0.1) is 5.82 Å². The van der Waals surface area contributed by atoms with Gasteiger partial charge in [0.15, 0.2) is 5.82 Å². The second-order valence-corrected chi connectivity index (χ2v) is 7.98. The fourth-order valence-corrected chi connectivity index (χ4v) is 4.45. The Bertz CT molecular complexity index is 1040. The number of ether oxygens (including phenoxy) is 1. The second kappa shape index (κ2) is 8.74. The van der Waals surface area contributed by atoms with Crippen LogP contribution >= 0.6 is 11.8 Å². The Labute approximate surface area is 178 Å². The molecular formula is C21H22FN5O2S. The number of anilines is 1. The van der Waals surface area contributed by atoms with Crippen molar-refractivity contribution < 1.29 is 13.9 Å². The van der Waals surface area contributed by atoms with Crippen LogP contribution in [0.15, 0.2) is 53.7 Å². The lowest BCUT2D eigenvalue weighted by atomic mass is 10.0. The van der Waals surface area contributed by atoms with Gasteiger partial charge in [0, 0.05) is 6.42 Å². The van der Waals surface area contributed by atoms with Gasteiger partial charge in [0.2, 0.25) is 11.1 Å². The van der Waals surface area contributed by atoms with Crippen molar-refractivity contribution in [1.82, 2.24) is 14.9 Å². The van der Waals surface area contributed by atoms with Gasteiger partial charge in [0.25, 0.3) is 0 Å². The van der Waals surface area contributed by atoms with E-state index in [1.165, 1.54) is 23.9 Å². The molecule has 2 heterocycles. The number of benzene rings is 2. The van der Waals surface area contributed by atoms with E-state index in [4.69, 9.17) is 4.74 Å². The zero-order valence-corrected chi connectivity index (χ0v) is 17.4. The van der Waals surface area contributed by atoms with Gasteiger partial charge in [-0.2, -0.15) is 0 Å². The van der Waals surface area contributed by atoms with E-state index in [-0.39, 0.29) is 11.7 Å².